The van der Waals surface area contributed by atoms with Crippen molar-refractivity contribution in [1.29, 1.82) is 0 Å². The van der Waals surface area contributed by atoms with Gasteiger partial charge in [0.25, 0.3) is 0 Å². The van der Waals surface area contributed by atoms with E-state index in [9.17, 15) is 17.4 Å². The zero-order valence-electron chi connectivity index (χ0n) is 16.0. The molecule has 2 aromatic rings. The van der Waals surface area contributed by atoms with Crippen molar-refractivity contribution in [1.82, 2.24) is 0 Å². The zero-order chi connectivity index (χ0) is 22.3. The molecule has 11 heteroatoms. The van der Waals surface area contributed by atoms with Crippen LogP contribution < -0.4 is 4.31 Å². The molecule has 1 unspecified atom stereocenters. The van der Waals surface area contributed by atoms with Crippen molar-refractivity contribution in [3.8, 4) is 0 Å². The third-order valence-corrected chi connectivity index (χ3v) is 7.14. The van der Waals surface area contributed by atoms with Crippen LogP contribution in [-0.4, -0.2) is 30.9 Å². The molecule has 2 rings (SSSR count). The first kappa shape index (κ1) is 24.9. The molecule has 0 saturated heterocycles. The Kier molecular flexibility index (Phi) is 9.43. The maximum atomic E-state index is 13.3. The molecule has 0 N–H and O–H groups in total. The van der Waals surface area contributed by atoms with Crippen molar-refractivity contribution in [2.75, 3.05) is 16.6 Å². The largest absolute Gasteiger partial charge is 0.461 e. The number of hydrogen-bond acceptors (Lipinski definition) is 5. The van der Waals surface area contributed by atoms with E-state index in [-0.39, 0.29) is 18.9 Å². The summed E-state index contributed by atoms with van der Waals surface area (Å²) in [7, 11) is 0.0188. The molecule has 0 heterocycles. The van der Waals surface area contributed by atoms with Crippen molar-refractivity contribution in [2.45, 2.75) is 31.3 Å². The summed E-state index contributed by atoms with van der Waals surface area (Å²) in [6.45, 7) is 1.53. The van der Waals surface area contributed by atoms with Crippen LogP contribution in [0.15, 0.2) is 47.4 Å². The Hall–Kier alpha value is -1.32. The summed E-state index contributed by atoms with van der Waals surface area (Å²) in [5.41, 5.74) is 1.13. The Labute approximate surface area is 193 Å². The van der Waals surface area contributed by atoms with Gasteiger partial charge in [-0.1, -0.05) is 29.3 Å². The van der Waals surface area contributed by atoms with E-state index in [1.165, 1.54) is 6.92 Å². The number of nitrogens with zero attached hydrogens (tertiary/aromatic N) is 1. The lowest BCUT2D eigenvalue weighted by molar-refractivity contribution is -0.142. The third kappa shape index (κ3) is 8.07. The third-order valence-electron chi connectivity index (χ3n) is 3.96. The number of esters is 1. The number of benzene rings is 2. The number of unbranched alkanes of at least 4 members (excludes halogenated alkanes) is 1. The van der Waals surface area contributed by atoms with E-state index >= 15 is 0 Å². The van der Waals surface area contributed by atoms with Crippen LogP contribution in [0.5, 0.6) is 0 Å². The maximum Gasteiger partial charge on any atom is 0.302 e. The number of ether oxygens (including phenoxy) is 1. The lowest BCUT2D eigenvalue weighted by Crippen LogP contribution is -2.28. The van der Waals surface area contributed by atoms with Gasteiger partial charge in [-0.05, 0) is 49.2 Å². The lowest BCUT2D eigenvalue weighted by atomic mass is 10.2. The Morgan fingerprint density at radius 1 is 1.07 bits per heavy atom. The smallest absolute Gasteiger partial charge is 0.302 e. The lowest BCUT2D eigenvalue weighted by Gasteiger charge is -2.26. The highest BCUT2D eigenvalue weighted by atomic mass is 35.7. The molecule has 0 aliphatic heterocycles. The van der Waals surface area contributed by atoms with Crippen LogP contribution >= 0.6 is 33.9 Å². The number of anilines is 1. The van der Waals surface area contributed by atoms with Gasteiger partial charge in [-0.2, -0.15) is 0 Å². The van der Waals surface area contributed by atoms with E-state index in [0.29, 0.717) is 39.0 Å². The van der Waals surface area contributed by atoms with Crippen molar-refractivity contribution in [2.24, 2.45) is 0 Å². The summed E-state index contributed by atoms with van der Waals surface area (Å²) in [6, 6.07) is 11.5. The minimum Gasteiger partial charge on any atom is -0.461 e. The fourth-order valence-electron chi connectivity index (χ4n) is 2.57. The number of carbonyl (C=O) groups excluding carboxylic acids is 1. The monoisotopic (exact) mass is 511 g/mol. The van der Waals surface area contributed by atoms with Crippen molar-refractivity contribution < 1.29 is 22.2 Å². The van der Waals surface area contributed by atoms with E-state index in [4.69, 9.17) is 38.6 Å². The van der Waals surface area contributed by atoms with Crippen molar-refractivity contribution >= 4 is 65.6 Å². The van der Waals surface area contributed by atoms with Gasteiger partial charge in [-0.15, -0.1) is 0 Å². The molecule has 164 valence electrons. The first-order valence-corrected chi connectivity index (χ1v) is 13.2. The first-order chi connectivity index (χ1) is 14.1. The molecule has 0 aromatic heterocycles. The van der Waals surface area contributed by atoms with Gasteiger partial charge in [-0.3, -0.25) is 9.10 Å². The fraction of sp³-hybridized carbons (Fsp3) is 0.316. The minimum absolute atomic E-state index is 0.0216. The minimum atomic E-state index is -3.61. The van der Waals surface area contributed by atoms with Gasteiger partial charge >= 0.3 is 5.97 Å². The second kappa shape index (κ2) is 11.3. The van der Waals surface area contributed by atoms with E-state index < -0.39 is 26.0 Å². The molecule has 0 radical (unpaired) electrons. The van der Waals surface area contributed by atoms with Crippen LogP contribution in [0.25, 0.3) is 0 Å². The van der Waals surface area contributed by atoms with Crippen LogP contribution in [-0.2, 0) is 36.2 Å². The highest BCUT2D eigenvalue weighted by molar-refractivity contribution is 8.13. The number of hydrogen-bond donors (Lipinski definition) is 0. The standard InChI is InChI=1S/C19H20Cl3NO5S2/c1-14(24)28-13-15-4-5-17(21)12-19(15)23(10-2-3-11-30(22,26)27)29(25)18-8-6-16(20)7-9-18/h4-9,12H,2-3,10-11,13H2,1H3. The molecule has 0 saturated carbocycles. The summed E-state index contributed by atoms with van der Waals surface area (Å²) in [5, 5.41) is 0.922. The first-order valence-electron chi connectivity index (χ1n) is 8.86. The van der Waals surface area contributed by atoms with Gasteiger partial charge in [0.2, 0.25) is 9.05 Å². The Morgan fingerprint density at radius 3 is 2.30 bits per heavy atom. The normalized spacial score (nSPS) is 12.4. The quantitative estimate of drug-likeness (QED) is 0.256. The zero-order valence-corrected chi connectivity index (χ0v) is 19.9. The fourth-order valence-corrected chi connectivity index (χ4v) is 5.01. The molecule has 6 nitrogen and oxygen atoms in total. The van der Waals surface area contributed by atoms with Crippen molar-refractivity contribution in [3.05, 3.63) is 58.1 Å². The summed E-state index contributed by atoms with van der Waals surface area (Å²) < 4.78 is 42.4. The van der Waals surface area contributed by atoms with Crippen LogP contribution in [0.3, 0.4) is 0 Å². The van der Waals surface area contributed by atoms with Gasteiger partial charge in [0, 0.05) is 39.8 Å². The summed E-state index contributed by atoms with van der Waals surface area (Å²) in [6.07, 6.45) is 0.699. The molecular weight excluding hydrogens is 493 g/mol. The van der Waals surface area contributed by atoms with Gasteiger partial charge in [0.15, 0.2) is 11.0 Å². The second-order valence-corrected chi connectivity index (χ2v) is 11.5. The van der Waals surface area contributed by atoms with Crippen LogP contribution in [0.2, 0.25) is 10.0 Å². The average Bonchev–Trinajstić information content (AvgIpc) is 2.66. The average molecular weight is 513 g/mol. The molecule has 0 amide bonds. The predicted molar refractivity (Wildman–Crippen MR) is 121 cm³/mol. The summed E-state index contributed by atoms with van der Waals surface area (Å²) in [5.74, 6) is -0.639. The van der Waals surface area contributed by atoms with Crippen LogP contribution in [0.1, 0.15) is 25.3 Å². The Balaban J connectivity index is 2.36. The van der Waals surface area contributed by atoms with Crippen LogP contribution in [0.4, 0.5) is 5.69 Å². The topological polar surface area (TPSA) is 80.8 Å². The molecule has 0 spiro atoms. The maximum absolute atomic E-state index is 13.3. The van der Waals surface area contributed by atoms with Gasteiger partial charge < -0.3 is 4.74 Å². The Bertz CT molecular complexity index is 1010. The van der Waals surface area contributed by atoms with Crippen LogP contribution in [0, 0.1) is 0 Å². The molecule has 0 aliphatic rings. The van der Waals surface area contributed by atoms with Crippen molar-refractivity contribution in [3.63, 3.8) is 0 Å². The predicted octanol–water partition coefficient (Wildman–Crippen LogP) is 4.93. The molecule has 30 heavy (non-hydrogen) atoms. The molecular formula is C19H20Cl3NO5S2. The van der Waals surface area contributed by atoms with Gasteiger partial charge in [0.05, 0.1) is 16.3 Å². The van der Waals surface area contributed by atoms with Gasteiger partial charge in [-0.25, -0.2) is 12.6 Å². The number of rotatable bonds is 10. The summed E-state index contributed by atoms with van der Waals surface area (Å²) >= 11 is 12.1. The molecule has 0 aliphatic carbocycles. The van der Waals surface area contributed by atoms with E-state index in [1.807, 2.05) is 0 Å². The second-order valence-electron chi connectivity index (χ2n) is 6.31. The van der Waals surface area contributed by atoms with E-state index in [2.05, 4.69) is 0 Å². The summed E-state index contributed by atoms with van der Waals surface area (Å²) in [4.78, 5) is 11.8. The molecule has 0 bridgehead atoms. The number of carbonyl (C=O) groups is 1. The van der Waals surface area contributed by atoms with E-state index in [1.54, 1.807) is 46.8 Å². The SMILES string of the molecule is CC(=O)OCc1ccc(Cl)cc1N(CCCCS(=O)(=O)Cl)S(=O)c1ccc(Cl)cc1. The molecule has 0 fully saturated rings. The highest BCUT2D eigenvalue weighted by Crippen LogP contribution is 2.30. The number of halogens is 3. The molecule has 2 aromatic carbocycles. The van der Waals surface area contributed by atoms with E-state index in [0.717, 1.165) is 0 Å². The van der Waals surface area contributed by atoms with Gasteiger partial charge in [0.1, 0.15) is 6.61 Å². The highest BCUT2D eigenvalue weighted by Gasteiger charge is 2.20. The molecule has 1 atom stereocenters. The Morgan fingerprint density at radius 2 is 1.70 bits per heavy atom.